The Morgan fingerprint density at radius 1 is 1.16 bits per heavy atom. The Hall–Kier alpha value is -2.93. The van der Waals surface area contributed by atoms with E-state index in [0.29, 0.717) is 24.5 Å². The van der Waals surface area contributed by atoms with E-state index in [-0.39, 0.29) is 11.5 Å². The summed E-state index contributed by atoms with van der Waals surface area (Å²) < 4.78 is 1.62. The first-order chi connectivity index (χ1) is 15.4. The molecule has 1 aromatic carbocycles. The molecule has 0 saturated heterocycles. The van der Waals surface area contributed by atoms with Crippen LogP contribution >= 0.6 is 11.8 Å². The largest absolute Gasteiger partial charge is 0.356 e. The second-order valence-corrected chi connectivity index (χ2v) is 8.92. The Morgan fingerprint density at radius 3 is 2.75 bits per heavy atom. The zero-order valence-electron chi connectivity index (χ0n) is 18.9. The highest BCUT2D eigenvalue weighted by Gasteiger charge is 2.13. The van der Waals surface area contributed by atoms with Gasteiger partial charge in [0.15, 0.2) is 5.16 Å². The number of carbonyl (C=O) groups is 1. The number of nitrogens with zero attached hydrogens (tertiary/aromatic N) is 3. The number of thioether (sulfide) groups is 1. The van der Waals surface area contributed by atoms with E-state index in [9.17, 15) is 9.59 Å². The Bertz CT molecular complexity index is 1110. The predicted octanol–water partition coefficient (Wildman–Crippen LogP) is 3.61. The molecule has 3 rings (SSSR count). The lowest BCUT2D eigenvalue weighted by atomic mass is 10.0. The van der Waals surface area contributed by atoms with Crippen molar-refractivity contribution in [3.05, 3.63) is 87.1 Å². The molecular formula is C25H30N4O2S. The van der Waals surface area contributed by atoms with Crippen LogP contribution in [0.15, 0.2) is 58.6 Å². The Morgan fingerprint density at radius 2 is 2.00 bits per heavy atom. The van der Waals surface area contributed by atoms with Crippen molar-refractivity contribution >= 4 is 17.7 Å². The third kappa shape index (κ3) is 6.79. The van der Waals surface area contributed by atoms with Gasteiger partial charge in [0.1, 0.15) is 0 Å². The van der Waals surface area contributed by atoms with Crippen LogP contribution in [0.2, 0.25) is 0 Å². The van der Waals surface area contributed by atoms with Gasteiger partial charge in [0.2, 0.25) is 5.91 Å². The van der Waals surface area contributed by atoms with Crippen LogP contribution in [-0.4, -0.2) is 32.7 Å². The van der Waals surface area contributed by atoms with Gasteiger partial charge in [0.05, 0.1) is 0 Å². The molecule has 0 spiro atoms. The molecule has 0 atom stereocenters. The Labute approximate surface area is 193 Å². The monoisotopic (exact) mass is 450 g/mol. The van der Waals surface area contributed by atoms with Gasteiger partial charge in [0, 0.05) is 61.8 Å². The molecule has 1 N–H and O–H groups in total. The molecule has 0 fully saturated rings. The summed E-state index contributed by atoms with van der Waals surface area (Å²) in [5.74, 6) is 0.762. The first-order valence-corrected chi connectivity index (χ1v) is 11.8. The number of carbonyl (C=O) groups excluding carboxylic acids is 1. The van der Waals surface area contributed by atoms with E-state index in [4.69, 9.17) is 0 Å². The van der Waals surface area contributed by atoms with E-state index < -0.39 is 0 Å². The summed E-state index contributed by atoms with van der Waals surface area (Å²) >= 11 is 1.52. The number of rotatable bonds is 10. The third-order valence-corrected chi connectivity index (χ3v) is 6.34. The third-order valence-electron chi connectivity index (χ3n) is 5.22. The van der Waals surface area contributed by atoms with Gasteiger partial charge in [0.25, 0.3) is 5.56 Å². The lowest BCUT2D eigenvalue weighted by Gasteiger charge is -2.12. The molecule has 1 amide bonds. The van der Waals surface area contributed by atoms with Crippen LogP contribution in [0.25, 0.3) is 0 Å². The van der Waals surface area contributed by atoms with Crippen molar-refractivity contribution in [2.45, 2.75) is 44.7 Å². The van der Waals surface area contributed by atoms with Gasteiger partial charge in [-0.25, -0.2) is 4.98 Å². The second kappa shape index (κ2) is 11.6. The van der Waals surface area contributed by atoms with Crippen molar-refractivity contribution in [1.29, 1.82) is 0 Å². The second-order valence-electron chi connectivity index (χ2n) is 7.86. The molecule has 2 aromatic heterocycles. The molecule has 3 aromatic rings. The van der Waals surface area contributed by atoms with Gasteiger partial charge in [-0.2, -0.15) is 0 Å². The Kier molecular flexibility index (Phi) is 8.62. The summed E-state index contributed by atoms with van der Waals surface area (Å²) in [7, 11) is 1.77. The molecule has 6 nitrogen and oxygen atoms in total. The number of aryl methyl sites for hydroxylation is 2. The van der Waals surface area contributed by atoms with E-state index in [2.05, 4.69) is 21.4 Å². The van der Waals surface area contributed by atoms with E-state index in [1.807, 2.05) is 50.2 Å². The molecule has 0 aliphatic rings. The molecule has 168 valence electrons. The summed E-state index contributed by atoms with van der Waals surface area (Å²) in [5.41, 5.74) is 4.75. The fourth-order valence-electron chi connectivity index (χ4n) is 3.45. The minimum Gasteiger partial charge on any atom is -0.356 e. The molecule has 0 saturated carbocycles. The normalized spacial score (nSPS) is 10.8. The topological polar surface area (TPSA) is 76.9 Å². The average Bonchev–Trinajstić information content (AvgIpc) is 2.78. The van der Waals surface area contributed by atoms with Crippen LogP contribution in [0.3, 0.4) is 0 Å². The van der Waals surface area contributed by atoms with Crippen molar-refractivity contribution in [2.75, 3.05) is 12.3 Å². The maximum Gasteiger partial charge on any atom is 0.257 e. The smallest absolute Gasteiger partial charge is 0.257 e. The summed E-state index contributed by atoms with van der Waals surface area (Å²) in [6.45, 7) is 4.53. The summed E-state index contributed by atoms with van der Waals surface area (Å²) in [4.78, 5) is 33.9. The van der Waals surface area contributed by atoms with E-state index in [1.54, 1.807) is 17.8 Å². The van der Waals surface area contributed by atoms with Crippen molar-refractivity contribution in [3.8, 4) is 0 Å². The highest BCUT2D eigenvalue weighted by Crippen LogP contribution is 2.18. The first-order valence-electron chi connectivity index (χ1n) is 10.9. The number of benzene rings is 1. The number of aromatic nitrogens is 3. The maximum atomic E-state index is 12.9. The number of hydrogen-bond acceptors (Lipinski definition) is 5. The minimum atomic E-state index is -0.00577. The number of hydrogen-bond donors (Lipinski definition) is 1. The lowest BCUT2D eigenvalue weighted by Crippen LogP contribution is -2.26. The van der Waals surface area contributed by atoms with Gasteiger partial charge >= 0.3 is 0 Å². The summed E-state index contributed by atoms with van der Waals surface area (Å²) in [6.07, 6.45) is 4.23. The predicted molar refractivity (Wildman–Crippen MR) is 129 cm³/mol. The lowest BCUT2D eigenvalue weighted by molar-refractivity contribution is -0.121. The van der Waals surface area contributed by atoms with Gasteiger partial charge < -0.3 is 5.32 Å². The molecule has 0 radical (unpaired) electrons. The van der Waals surface area contributed by atoms with Crippen LogP contribution in [-0.2, 0) is 24.7 Å². The van der Waals surface area contributed by atoms with Crippen molar-refractivity contribution in [1.82, 2.24) is 19.9 Å². The Balaban J connectivity index is 1.47. The van der Waals surface area contributed by atoms with Gasteiger partial charge in [-0.15, -0.1) is 0 Å². The van der Waals surface area contributed by atoms with Crippen molar-refractivity contribution in [3.63, 3.8) is 0 Å². The van der Waals surface area contributed by atoms with Crippen LogP contribution in [0, 0.1) is 13.8 Å². The molecule has 2 heterocycles. The average molecular weight is 451 g/mol. The molecule has 0 unspecified atom stereocenters. The van der Waals surface area contributed by atoms with E-state index >= 15 is 0 Å². The van der Waals surface area contributed by atoms with Crippen LogP contribution in [0.4, 0.5) is 0 Å². The minimum absolute atomic E-state index is 0.00577. The number of nitrogens with one attached hydrogen (secondary N) is 1. The maximum absolute atomic E-state index is 12.9. The zero-order chi connectivity index (χ0) is 22.9. The van der Waals surface area contributed by atoms with E-state index in [0.717, 1.165) is 41.1 Å². The van der Waals surface area contributed by atoms with E-state index in [1.165, 1.54) is 17.3 Å². The van der Waals surface area contributed by atoms with Gasteiger partial charge in [-0.1, -0.05) is 47.7 Å². The van der Waals surface area contributed by atoms with Gasteiger partial charge in [-0.05, 0) is 38.0 Å². The van der Waals surface area contributed by atoms with Crippen molar-refractivity contribution in [2.24, 2.45) is 7.05 Å². The fourth-order valence-corrected chi connectivity index (χ4v) is 4.40. The highest BCUT2D eigenvalue weighted by atomic mass is 32.2. The molecule has 0 bridgehead atoms. The summed E-state index contributed by atoms with van der Waals surface area (Å²) in [6, 6.07) is 14.0. The molecule has 0 aliphatic carbocycles. The van der Waals surface area contributed by atoms with Crippen LogP contribution in [0.5, 0.6) is 0 Å². The molecule has 0 aliphatic heterocycles. The molecular weight excluding hydrogens is 420 g/mol. The highest BCUT2D eigenvalue weighted by molar-refractivity contribution is 7.99. The SMILES string of the molecule is Cc1cccc(Cc2c(C)nc(SCCCC(=O)NCCc3ccccn3)n(C)c2=O)c1. The standard InChI is InChI=1S/C25H30N4O2S/c1-18-8-6-9-20(16-18)17-22-19(2)28-25(29(3)24(22)31)32-15-7-11-23(30)27-14-12-21-10-4-5-13-26-21/h4-6,8-10,13,16H,7,11-12,14-15,17H2,1-3H3,(H,27,30). The van der Waals surface area contributed by atoms with Crippen molar-refractivity contribution < 1.29 is 4.79 Å². The summed E-state index contributed by atoms with van der Waals surface area (Å²) in [5, 5.41) is 3.63. The quantitative estimate of drug-likeness (QED) is 0.290. The number of amides is 1. The van der Waals surface area contributed by atoms with Crippen LogP contribution < -0.4 is 10.9 Å². The van der Waals surface area contributed by atoms with Gasteiger partial charge in [-0.3, -0.25) is 19.1 Å². The number of pyridine rings is 1. The molecule has 32 heavy (non-hydrogen) atoms. The zero-order valence-corrected chi connectivity index (χ0v) is 19.7. The fraction of sp³-hybridized carbons (Fsp3) is 0.360. The molecule has 7 heteroatoms. The van der Waals surface area contributed by atoms with Crippen LogP contribution in [0.1, 0.15) is 40.9 Å². The first kappa shape index (κ1) is 23.7.